The highest BCUT2D eigenvalue weighted by molar-refractivity contribution is 6.30. The van der Waals surface area contributed by atoms with Crippen LogP contribution in [-0.4, -0.2) is 17.6 Å². The van der Waals surface area contributed by atoms with Crippen molar-refractivity contribution < 1.29 is 14.1 Å². The number of fused-ring (bicyclic) bond motifs is 1. The summed E-state index contributed by atoms with van der Waals surface area (Å²) in [5, 5.41) is 4.90. The van der Waals surface area contributed by atoms with Gasteiger partial charge in [-0.05, 0) is 66.6 Å². The molecule has 5 rings (SSSR count). The topological polar surface area (TPSA) is 47.1 Å². The van der Waals surface area contributed by atoms with Gasteiger partial charge in [0, 0.05) is 15.7 Å². The third-order valence-corrected chi connectivity index (χ3v) is 7.12. The molecule has 39 heavy (non-hydrogen) atoms. The average Bonchev–Trinajstić information content (AvgIpc) is 3.26. The largest absolute Gasteiger partial charge is 0.466 e. The van der Waals surface area contributed by atoms with Crippen LogP contribution in [0.2, 0.25) is 10.0 Å². The van der Waals surface area contributed by atoms with E-state index in [1.54, 1.807) is 6.92 Å². The molecule has 1 aromatic heterocycles. The lowest BCUT2D eigenvalue weighted by molar-refractivity contribution is -0.665. The van der Waals surface area contributed by atoms with Crippen LogP contribution in [0.3, 0.4) is 0 Å². The van der Waals surface area contributed by atoms with Gasteiger partial charge in [-0.25, -0.2) is 13.9 Å². The fourth-order valence-electron chi connectivity index (χ4n) is 4.67. The molecule has 0 spiro atoms. The van der Waals surface area contributed by atoms with Crippen molar-refractivity contribution in [3.63, 3.8) is 0 Å². The first-order chi connectivity index (χ1) is 18.9. The number of imidazole rings is 1. The lowest BCUT2D eigenvalue weighted by Crippen LogP contribution is -2.40. The van der Waals surface area contributed by atoms with Crippen molar-refractivity contribution in [3.8, 4) is 0 Å². The first kappa shape index (κ1) is 26.5. The van der Waals surface area contributed by atoms with Gasteiger partial charge in [0.15, 0.2) is 11.0 Å². The minimum Gasteiger partial charge on any atom is -0.466 e. The number of hydrogen-bond acceptors (Lipinski definition) is 3. The Balaban J connectivity index is 1.79. The number of carbonyl (C=O) groups excluding carboxylic acids is 1. The fraction of sp³-hybridized carbons (Fsp3) is 0.125. The summed E-state index contributed by atoms with van der Waals surface area (Å²) >= 11 is 12.4. The first-order valence-corrected chi connectivity index (χ1v) is 13.3. The molecular formula is C32H28Cl2N3O2+. The minimum absolute atomic E-state index is 0.408. The third-order valence-electron chi connectivity index (χ3n) is 6.62. The van der Waals surface area contributed by atoms with Crippen molar-refractivity contribution >= 4 is 51.6 Å². The smallest absolute Gasteiger partial charge is 0.335 e. The second-order valence-corrected chi connectivity index (χ2v) is 10.1. The maximum atomic E-state index is 13.0. The van der Waals surface area contributed by atoms with Crippen molar-refractivity contribution in [2.45, 2.75) is 20.0 Å². The van der Waals surface area contributed by atoms with Crippen molar-refractivity contribution in [1.82, 2.24) is 4.57 Å². The van der Waals surface area contributed by atoms with E-state index >= 15 is 0 Å². The summed E-state index contributed by atoms with van der Waals surface area (Å²) < 4.78 is 9.64. The zero-order valence-corrected chi connectivity index (χ0v) is 23.2. The van der Waals surface area contributed by atoms with Crippen LogP contribution in [0.25, 0.3) is 16.7 Å². The third kappa shape index (κ3) is 5.85. The van der Waals surface area contributed by atoms with Crippen LogP contribution in [0, 0.1) is 0 Å². The zero-order valence-electron chi connectivity index (χ0n) is 21.7. The van der Waals surface area contributed by atoms with E-state index in [0.29, 0.717) is 34.4 Å². The number of aromatic nitrogens is 2. The highest BCUT2D eigenvalue weighted by Gasteiger charge is 2.31. The molecule has 0 fully saturated rings. The molecule has 4 aromatic carbocycles. The number of para-hydroxylation sites is 3. The molecule has 0 atom stereocenters. The Morgan fingerprint density at radius 2 is 1.41 bits per heavy atom. The number of ether oxygens (including phenoxy) is 1. The van der Waals surface area contributed by atoms with Crippen LogP contribution in [0.4, 0.5) is 5.69 Å². The van der Waals surface area contributed by atoms with Gasteiger partial charge in [0.2, 0.25) is 0 Å². The van der Waals surface area contributed by atoms with E-state index in [0.717, 1.165) is 33.7 Å². The van der Waals surface area contributed by atoms with Gasteiger partial charge in [-0.1, -0.05) is 77.8 Å². The van der Waals surface area contributed by atoms with Crippen molar-refractivity contribution in [3.05, 3.63) is 136 Å². The normalized spacial score (nSPS) is 11.8. The Kier molecular flexibility index (Phi) is 8.01. The number of methoxy groups -OCH3 is 1. The summed E-state index contributed by atoms with van der Waals surface area (Å²) in [6, 6.07) is 33.7. The van der Waals surface area contributed by atoms with Gasteiger partial charge >= 0.3 is 11.8 Å². The fourth-order valence-corrected chi connectivity index (χ4v) is 4.92. The molecule has 7 heteroatoms. The van der Waals surface area contributed by atoms with Crippen molar-refractivity contribution in [2.24, 2.45) is 0 Å². The van der Waals surface area contributed by atoms with E-state index in [1.807, 2.05) is 91.0 Å². The van der Waals surface area contributed by atoms with E-state index in [-0.39, 0.29) is 0 Å². The van der Waals surface area contributed by atoms with Gasteiger partial charge in [-0.3, -0.25) is 0 Å². The molecule has 0 radical (unpaired) electrons. The summed E-state index contributed by atoms with van der Waals surface area (Å²) in [6.07, 6.45) is 0. The standard InChI is InChI=1S/C32H27Cl2N3O2/c1-22(32(38)39-2)30(35-27-8-4-3-5-9-27)31-36(20-23-12-16-25(33)17-13-23)28-10-6-7-11-29(28)37(31)21-24-14-18-26(34)19-15-24/h3-19H,20-21H2,1-2H3/p+1. The number of carbonyl (C=O) groups is 1. The van der Waals surface area contributed by atoms with Crippen LogP contribution in [0.5, 0.6) is 0 Å². The Morgan fingerprint density at radius 1 is 0.821 bits per heavy atom. The van der Waals surface area contributed by atoms with Gasteiger partial charge in [-0.2, -0.15) is 0 Å². The summed E-state index contributed by atoms with van der Waals surface area (Å²) in [4.78, 5) is 13.0. The molecule has 196 valence electrons. The van der Waals surface area contributed by atoms with E-state index in [2.05, 4.69) is 26.6 Å². The number of benzene rings is 4. The Hall–Kier alpha value is -4.06. The summed E-state index contributed by atoms with van der Waals surface area (Å²) in [5.74, 6) is 0.433. The number of halogens is 2. The minimum atomic E-state index is -0.408. The van der Waals surface area contributed by atoms with Crippen molar-refractivity contribution in [1.29, 1.82) is 0 Å². The summed E-state index contributed by atoms with van der Waals surface area (Å²) in [7, 11) is 1.40. The predicted molar refractivity (Wildman–Crippen MR) is 158 cm³/mol. The van der Waals surface area contributed by atoms with E-state index in [4.69, 9.17) is 27.9 Å². The van der Waals surface area contributed by atoms with Crippen molar-refractivity contribution in [2.75, 3.05) is 12.4 Å². The SMILES string of the molecule is COC(=O)/C(C)=C(/Nc1ccccc1)c1n(Cc2ccc(Cl)cc2)c2ccccc2[n+]1Cc1ccc(Cl)cc1. The van der Waals surface area contributed by atoms with Crippen LogP contribution in [0.1, 0.15) is 23.9 Å². The molecule has 5 aromatic rings. The Labute approximate surface area is 237 Å². The van der Waals surface area contributed by atoms with Gasteiger partial charge < -0.3 is 10.1 Å². The molecule has 0 aliphatic heterocycles. The molecule has 1 N–H and O–H groups in total. The monoisotopic (exact) mass is 556 g/mol. The average molecular weight is 558 g/mol. The van der Waals surface area contributed by atoms with Gasteiger partial charge in [0.05, 0.1) is 12.7 Å². The van der Waals surface area contributed by atoms with Crippen LogP contribution >= 0.6 is 23.2 Å². The van der Waals surface area contributed by atoms with Crippen LogP contribution < -0.4 is 9.88 Å². The Morgan fingerprint density at radius 3 is 2.05 bits per heavy atom. The summed E-state index contributed by atoms with van der Waals surface area (Å²) in [6.45, 7) is 2.91. The van der Waals surface area contributed by atoms with Gasteiger partial charge in [0.1, 0.15) is 18.8 Å². The lowest BCUT2D eigenvalue weighted by Gasteiger charge is -2.15. The van der Waals surface area contributed by atoms with Crippen LogP contribution in [0.15, 0.2) is 109 Å². The highest BCUT2D eigenvalue weighted by Crippen LogP contribution is 2.27. The van der Waals surface area contributed by atoms with E-state index < -0.39 is 5.97 Å². The number of nitrogens with zero attached hydrogens (tertiary/aromatic N) is 2. The second kappa shape index (κ2) is 11.8. The zero-order chi connectivity index (χ0) is 27.4. The van der Waals surface area contributed by atoms with E-state index in [9.17, 15) is 4.79 Å². The Bertz CT molecular complexity index is 1560. The number of anilines is 1. The molecule has 0 unspecified atom stereocenters. The van der Waals surface area contributed by atoms with Gasteiger partial charge in [-0.15, -0.1) is 0 Å². The number of rotatable bonds is 8. The molecule has 0 saturated carbocycles. The number of esters is 1. The quantitative estimate of drug-likeness (QED) is 0.123. The second-order valence-electron chi connectivity index (χ2n) is 9.22. The molecule has 0 bridgehead atoms. The number of nitrogens with one attached hydrogen (secondary N) is 1. The molecule has 0 aliphatic carbocycles. The maximum absolute atomic E-state index is 13.0. The molecular weight excluding hydrogens is 529 g/mol. The van der Waals surface area contributed by atoms with Gasteiger partial charge in [0.25, 0.3) is 0 Å². The lowest BCUT2D eigenvalue weighted by atomic mass is 10.1. The highest BCUT2D eigenvalue weighted by atomic mass is 35.5. The maximum Gasteiger partial charge on any atom is 0.335 e. The van der Waals surface area contributed by atoms with E-state index in [1.165, 1.54) is 7.11 Å². The van der Waals surface area contributed by atoms with Crippen LogP contribution in [-0.2, 0) is 22.6 Å². The number of hydrogen-bond donors (Lipinski definition) is 1. The molecule has 0 saturated heterocycles. The molecule has 0 aliphatic rings. The predicted octanol–water partition coefficient (Wildman–Crippen LogP) is 7.35. The molecule has 5 nitrogen and oxygen atoms in total. The molecule has 1 heterocycles. The summed E-state index contributed by atoms with van der Waals surface area (Å²) in [5.41, 5.74) is 6.20. The first-order valence-electron chi connectivity index (χ1n) is 12.6. The molecule has 0 amide bonds.